The van der Waals surface area contributed by atoms with Gasteiger partial charge < -0.3 is 29.0 Å². The molecule has 1 fully saturated rings. The number of anilines is 1. The second-order valence-electron chi connectivity index (χ2n) is 6.23. The molecule has 28 heavy (non-hydrogen) atoms. The number of methoxy groups -OCH3 is 4. The molecule has 0 aliphatic carbocycles. The van der Waals surface area contributed by atoms with Crippen LogP contribution in [0.5, 0.6) is 28.7 Å². The van der Waals surface area contributed by atoms with Crippen LogP contribution in [0.1, 0.15) is 11.6 Å². The molecule has 148 valence electrons. The number of aromatic hydroxyl groups is 1. The van der Waals surface area contributed by atoms with Gasteiger partial charge in [0.25, 0.3) is 0 Å². The van der Waals surface area contributed by atoms with Crippen molar-refractivity contribution in [3.05, 3.63) is 48.6 Å². The second kappa shape index (κ2) is 7.72. The van der Waals surface area contributed by atoms with Crippen LogP contribution in [0.4, 0.5) is 5.69 Å². The van der Waals surface area contributed by atoms with Crippen molar-refractivity contribution in [3.63, 3.8) is 0 Å². The zero-order chi connectivity index (χ0) is 20.4. The number of benzene rings is 2. The number of hydrogen-bond donors (Lipinski definition) is 1. The fourth-order valence-corrected chi connectivity index (χ4v) is 3.48. The smallest absolute Gasteiger partial charge is 0.236 e. The summed E-state index contributed by atoms with van der Waals surface area (Å²) < 4.78 is 21.2. The predicted octanol–water partition coefficient (Wildman–Crippen LogP) is 3.32. The summed E-state index contributed by atoms with van der Waals surface area (Å²) in [7, 11) is 6.04. The summed E-state index contributed by atoms with van der Waals surface area (Å²) in [5.74, 6) is 1.19. The normalized spacial score (nSPS) is 18.3. The van der Waals surface area contributed by atoms with Crippen molar-refractivity contribution in [1.82, 2.24) is 0 Å². The van der Waals surface area contributed by atoms with Crippen LogP contribution in [0.3, 0.4) is 0 Å². The minimum Gasteiger partial charge on any atom is -0.504 e. The Morgan fingerprint density at radius 2 is 1.57 bits per heavy atom. The Labute approximate surface area is 163 Å². The molecule has 2 atom stereocenters. The van der Waals surface area contributed by atoms with Crippen LogP contribution in [0.25, 0.3) is 0 Å². The first-order valence-electron chi connectivity index (χ1n) is 8.63. The van der Waals surface area contributed by atoms with E-state index in [1.807, 2.05) is 6.07 Å². The highest BCUT2D eigenvalue weighted by molar-refractivity contribution is 6.04. The minimum absolute atomic E-state index is 0.00648. The molecule has 2 unspecified atom stereocenters. The maximum Gasteiger partial charge on any atom is 0.236 e. The first-order valence-corrected chi connectivity index (χ1v) is 8.63. The molecule has 0 bridgehead atoms. The highest BCUT2D eigenvalue weighted by Crippen LogP contribution is 2.49. The van der Waals surface area contributed by atoms with Gasteiger partial charge in [-0.15, -0.1) is 6.58 Å². The largest absolute Gasteiger partial charge is 0.504 e. The van der Waals surface area contributed by atoms with Crippen molar-refractivity contribution in [1.29, 1.82) is 0 Å². The van der Waals surface area contributed by atoms with E-state index in [0.29, 0.717) is 28.7 Å². The third kappa shape index (κ3) is 2.98. The molecular formula is C21H23NO6. The molecule has 0 saturated carbocycles. The molecule has 0 aromatic heterocycles. The number of hydrogen-bond acceptors (Lipinski definition) is 6. The van der Waals surface area contributed by atoms with E-state index in [2.05, 4.69) is 6.58 Å². The summed E-state index contributed by atoms with van der Waals surface area (Å²) >= 11 is 0. The Morgan fingerprint density at radius 3 is 2.04 bits per heavy atom. The number of rotatable bonds is 7. The van der Waals surface area contributed by atoms with E-state index in [0.717, 1.165) is 5.56 Å². The van der Waals surface area contributed by atoms with Crippen LogP contribution in [0, 0.1) is 5.92 Å². The van der Waals surface area contributed by atoms with Gasteiger partial charge in [0.15, 0.2) is 23.0 Å². The van der Waals surface area contributed by atoms with Crippen molar-refractivity contribution >= 4 is 11.6 Å². The zero-order valence-electron chi connectivity index (χ0n) is 16.3. The van der Waals surface area contributed by atoms with Crippen LogP contribution in [-0.2, 0) is 4.79 Å². The Morgan fingerprint density at radius 1 is 0.964 bits per heavy atom. The second-order valence-corrected chi connectivity index (χ2v) is 6.23. The number of ether oxygens (including phenoxy) is 4. The Kier molecular flexibility index (Phi) is 5.35. The average molecular weight is 385 g/mol. The molecule has 0 spiro atoms. The lowest BCUT2D eigenvalue weighted by atomic mass is 9.81. The van der Waals surface area contributed by atoms with Gasteiger partial charge in [0, 0.05) is 12.1 Å². The van der Waals surface area contributed by atoms with Crippen LogP contribution < -0.4 is 23.8 Å². The first-order chi connectivity index (χ1) is 13.5. The number of carbonyl (C=O) groups is 1. The number of phenols is 1. The summed E-state index contributed by atoms with van der Waals surface area (Å²) in [6.45, 7) is 3.78. The molecule has 2 aromatic carbocycles. The zero-order valence-corrected chi connectivity index (χ0v) is 16.3. The van der Waals surface area contributed by atoms with E-state index < -0.39 is 5.92 Å². The van der Waals surface area contributed by atoms with Gasteiger partial charge in [-0.1, -0.05) is 12.1 Å². The van der Waals surface area contributed by atoms with Crippen molar-refractivity contribution in [3.8, 4) is 28.7 Å². The summed E-state index contributed by atoms with van der Waals surface area (Å²) in [6.07, 6.45) is 1.61. The molecule has 7 heteroatoms. The van der Waals surface area contributed by atoms with Crippen LogP contribution in [0.15, 0.2) is 43.0 Å². The maximum absolute atomic E-state index is 12.8. The molecule has 7 nitrogen and oxygen atoms in total. The Balaban J connectivity index is 2.08. The fourth-order valence-electron chi connectivity index (χ4n) is 3.48. The maximum atomic E-state index is 12.8. The molecule has 2 aromatic rings. The lowest BCUT2D eigenvalue weighted by molar-refractivity contribution is -0.128. The Bertz CT molecular complexity index is 885. The third-order valence-electron chi connectivity index (χ3n) is 4.87. The van der Waals surface area contributed by atoms with Gasteiger partial charge in [-0.3, -0.25) is 4.79 Å². The molecule has 1 amide bonds. The lowest BCUT2D eigenvalue weighted by Crippen LogP contribution is -2.54. The quantitative estimate of drug-likeness (QED) is 0.582. The summed E-state index contributed by atoms with van der Waals surface area (Å²) in [5, 5.41) is 10.2. The number of β-lactam (4-membered cyclic amide) rings is 1. The van der Waals surface area contributed by atoms with Crippen LogP contribution in [-0.4, -0.2) is 39.5 Å². The molecular weight excluding hydrogens is 362 g/mol. The van der Waals surface area contributed by atoms with Crippen LogP contribution in [0.2, 0.25) is 0 Å². The summed E-state index contributed by atoms with van der Waals surface area (Å²) in [4.78, 5) is 14.4. The van der Waals surface area contributed by atoms with Gasteiger partial charge in [0.1, 0.15) is 0 Å². The van der Waals surface area contributed by atoms with Gasteiger partial charge >= 0.3 is 0 Å². The Hall–Kier alpha value is -3.35. The average Bonchev–Trinajstić information content (AvgIpc) is 2.71. The molecule has 1 aliphatic heterocycles. The predicted molar refractivity (Wildman–Crippen MR) is 105 cm³/mol. The van der Waals surface area contributed by atoms with Gasteiger partial charge in [-0.2, -0.15) is 0 Å². The standard InChI is InChI=1S/C21H23NO6/c1-6-14-19(12-7-8-16(25-2)15(23)9-12)22(21(14)24)13-10-17(26-3)20(28-5)18(11-13)27-4/h6-11,14,19,23H,1H2,2-5H3. The summed E-state index contributed by atoms with van der Waals surface area (Å²) in [5.41, 5.74) is 1.36. The van der Waals surface area contributed by atoms with Crippen molar-refractivity contribution in [2.75, 3.05) is 33.3 Å². The lowest BCUT2D eigenvalue weighted by Gasteiger charge is -2.46. The van der Waals surface area contributed by atoms with Gasteiger partial charge in [-0.05, 0) is 17.7 Å². The molecule has 1 N–H and O–H groups in total. The van der Waals surface area contributed by atoms with Gasteiger partial charge in [0.2, 0.25) is 11.7 Å². The SMILES string of the molecule is C=CC1C(=O)N(c2cc(OC)c(OC)c(OC)c2)C1c1ccc(OC)c(O)c1. The van der Waals surface area contributed by atoms with Gasteiger partial charge in [0.05, 0.1) is 46.1 Å². The van der Waals surface area contributed by atoms with Gasteiger partial charge in [-0.25, -0.2) is 0 Å². The molecule has 3 rings (SSSR count). The number of amides is 1. The van der Waals surface area contributed by atoms with Crippen molar-refractivity contribution < 1.29 is 28.8 Å². The fraction of sp³-hybridized carbons (Fsp3) is 0.286. The van der Waals surface area contributed by atoms with E-state index in [4.69, 9.17) is 18.9 Å². The molecule has 1 saturated heterocycles. The van der Waals surface area contributed by atoms with Crippen LogP contribution >= 0.6 is 0 Å². The first kappa shape index (κ1) is 19.4. The topological polar surface area (TPSA) is 77.5 Å². The molecule has 0 radical (unpaired) electrons. The monoisotopic (exact) mass is 385 g/mol. The third-order valence-corrected chi connectivity index (χ3v) is 4.87. The van der Waals surface area contributed by atoms with E-state index in [-0.39, 0.29) is 17.7 Å². The minimum atomic E-state index is -0.410. The highest BCUT2D eigenvalue weighted by atomic mass is 16.5. The molecule has 1 heterocycles. The van der Waals surface area contributed by atoms with Crippen molar-refractivity contribution in [2.24, 2.45) is 5.92 Å². The van der Waals surface area contributed by atoms with E-state index >= 15 is 0 Å². The van der Waals surface area contributed by atoms with E-state index in [1.54, 1.807) is 35.2 Å². The number of nitrogens with zero attached hydrogens (tertiary/aromatic N) is 1. The van der Waals surface area contributed by atoms with E-state index in [9.17, 15) is 9.90 Å². The highest BCUT2D eigenvalue weighted by Gasteiger charge is 2.47. The molecule has 1 aliphatic rings. The van der Waals surface area contributed by atoms with E-state index in [1.165, 1.54) is 28.4 Å². The van der Waals surface area contributed by atoms with Crippen molar-refractivity contribution in [2.45, 2.75) is 6.04 Å². The summed E-state index contributed by atoms with van der Waals surface area (Å²) in [6, 6.07) is 8.18. The number of phenolic OH excluding ortho intramolecular Hbond substituents is 1. The number of carbonyl (C=O) groups excluding carboxylic acids is 1.